The lowest BCUT2D eigenvalue weighted by Crippen LogP contribution is -2.36. The van der Waals surface area contributed by atoms with E-state index in [1.807, 2.05) is 0 Å². The number of amides is 2. The van der Waals surface area contributed by atoms with Gasteiger partial charge in [-0.05, 0) is 33.1 Å². The fraction of sp³-hybridized carbons (Fsp3) is 0.846. The van der Waals surface area contributed by atoms with Crippen LogP contribution in [0.15, 0.2) is 0 Å². The average molecular weight is 320 g/mol. The van der Waals surface area contributed by atoms with Gasteiger partial charge in [-0.25, -0.2) is 13.2 Å². The van der Waals surface area contributed by atoms with Crippen molar-refractivity contribution in [2.75, 3.05) is 24.6 Å². The van der Waals surface area contributed by atoms with E-state index in [1.54, 1.807) is 20.8 Å². The summed E-state index contributed by atoms with van der Waals surface area (Å²) in [5.74, 6) is 0.130. The standard InChI is InChI=1S/C13H24N2O5S/c1-13(2,3)20-12(17)14-6-4-11(16)15-8-10-5-7-21(18,19)9-10/h10H,4-9H2,1-3H3,(H,14,17)(H,15,16). The molecule has 1 aliphatic rings. The molecule has 1 atom stereocenters. The van der Waals surface area contributed by atoms with Crippen LogP contribution in [0.4, 0.5) is 4.79 Å². The highest BCUT2D eigenvalue weighted by atomic mass is 32.2. The molecule has 1 aliphatic heterocycles. The molecule has 2 N–H and O–H groups in total. The van der Waals surface area contributed by atoms with Crippen LogP contribution in [0.1, 0.15) is 33.6 Å². The van der Waals surface area contributed by atoms with Crippen LogP contribution < -0.4 is 10.6 Å². The molecule has 1 saturated heterocycles. The number of nitrogens with one attached hydrogen (secondary N) is 2. The number of sulfone groups is 1. The van der Waals surface area contributed by atoms with Crippen molar-refractivity contribution in [1.82, 2.24) is 10.6 Å². The monoisotopic (exact) mass is 320 g/mol. The van der Waals surface area contributed by atoms with Gasteiger partial charge in [-0.3, -0.25) is 4.79 Å². The summed E-state index contributed by atoms with van der Waals surface area (Å²) in [6.45, 7) is 5.83. The fourth-order valence-electron chi connectivity index (χ4n) is 1.97. The minimum absolute atomic E-state index is 0.00207. The van der Waals surface area contributed by atoms with E-state index in [9.17, 15) is 18.0 Å². The lowest BCUT2D eigenvalue weighted by atomic mass is 10.1. The summed E-state index contributed by atoms with van der Waals surface area (Å²) in [6, 6.07) is 0. The first-order valence-electron chi connectivity index (χ1n) is 7.01. The molecular formula is C13H24N2O5S. The minimum atomic E-state index is -2.91. The van der Waals surface area contributed by atoms with E-state index in [1.165, 1.54) is 0 Å². The van der Waals surface area contributed by atoms with Crippen LogP contribution in [0, 0.1) is 5.92 Å². The number of ether oxygens (including phenoxy) is 1. The maximum atomic E-state index is 11.6. The molecule has 0 saturated carbocycles. The van der Waals surface area contributed by atoms with Gasteiger partial charge in [-0.2, -0.15) is 0 Å². The second-order valence-corrected chi connectivity index (χ2v) is 8.48. The lowest BCUT2D eigenvalue weighted by molar-refractivity contribution is -0.121. The maximum Gasteiger partial charge on any atom is 0.407 e. The molecule has 8 heteroatoms. The van der Waals surface area contributed by atoms with E-state index in [2.05, 4.69) is 10.6 Å². The maximum absolute atomic E-state index is 11.6. The Kier molecular flexibility index (Phi) is 6.00. The van der Waals surface area contributed by atoms with Gasteiger partial charge in [0.1, 0.15) is 5.60 Å². The van der Waals surface area contributed by atoms with Crippen LogP contribution in [0.25, 0.3) is 0 Å². The van der Waals surface area contributed by atoms with Crippen LogP contribution in [0.2, 0.25) is 0 Å². The molecule has 0 aliphatic carbocycles. The van der Waals surface area contributed by atoms with Crippen molar-refractivity contribution in [3.8, 4) is 0 Å². The zero-order valence-corrected chi connectivity index (χ0v) is 13.6. The van der Waals surface area contributed by atoms with Crippen molar-refractivity contribution in [2.24, 2.45) is 5.92 Å². The fourth-order valence-corrected chi connectivity index (χ4v) is 3.83. The second-order valence-electron chi connectivity index (χ2n) is 6.25. The van der Waals surface area contributed by atoms with Crippen LogP contribution in [-0.4, -0.2) is 50.6 Å². The van der Waals surface area contributed by atoms with E-state index >= 15 is 0 Å². The van der Waals surface area contributed by atoms with Gasteiger partial charge in [0.05, 0.1) is 11.5 Å². The molecule has 0 aromatic rings. The molecule has 1 fully saturated rings. The Morgan fingerprint density at radius 2 is 1.90 bits per heavy atom. The highest BCUT2D eigenvalue weighted by molar-refractivity contribution is 7.91. The minimum Gasteiger partial charge on any atom is -0.444 e. The van der Waals surface area contributed by atoms with Gasteiger partial charge in [-0.1, -0.05) is 0 Å². The Morgan fingerprint density at radius 1 is 1.24 bits per heavy atom. The molecule has 1 unspecified atom stereocenters. The molecule has 7 nitrogen and oxygen atoms in total. The Hall–Kier alpha value is -1.31. The average Bonchev–Trinajstić information content (AvgIpc) is 2.64. The van der Waals surface area contributed by atoms with Crippen LogP contribution in [0.3, 0.4) is 0 Å². The first-order chi connectivity index (χ1) is 9.57. The van der Waals surface area contributed by atoms with Crippen LogP contribution in [0.5, 0.6) is 0 Å². The Morgan fingerprint density at radius 3 is 2.43 bits per heavy atom. The predicted octanol–water partition coefficient (Wildman–Crippen LogP) is 0.452. The number of carbonyl (C=O) groups is 2. The van der Waals surface area contributed by atoms with Crippen molar-refractivity contribution < 1.29 is 22.7 Å². The summed E-state index contributed by atoms with van der Waals surface area (Å²) in [4.78, 5) is 22.9. The van der Waals surface area contributed by atoms with Crippen molar-refractivity contribution in [1.29, 1.82) is 0 Å². The van der Waals surface area contributed by atoms with Gasteiger partial charge in [0.25, 0.3) is 0 Å². The van der Waals surface area contributed by atoms with Crippen LogP contribution in [-0.2, 0) is 19.4 Å². The Bertz CT molecular complexity index is 481. The number of alkyl carbamates (subject to hydrolysis) is 1. The van der Waals surface area contributed by atoms with Gasteiger partial charge >= 0.3 is 6.09 Å². The van der Waals surface area contributed by atoms with Crippen molar-refractivity contribution >= 4 is 21.8 Å². The number of hydrogen-bond donors (Lipinski definition) is 2. The SMILES string of the molecule is CC(C)(C)OC(=O)NCCC(=O)NCC1CCS(=O)(=O)C1. The molecular weight excluding hydrogens is 296 g/mol. The van der Waals surface area contributed by atoms with Gasteiger partial charge in [-0.15, -0.1) is 0 Å². The first kappa shape index (κ1) is 17.7. The van der Waals surface area contributed by atoms with E-state index in [0.717, 1.165) is 0 Å². The quantitative estimate of drug-likeness (QED) is 0.766. The summed E-state index contributed by atoms with van der Waals surface area (Å²) < 4.78 is 27.6. The van der Waals surface area contributed by atoms with Crippen molar-refractivity contribution in [3.63, 3.8) is 0 Å². The summed E-state index contributed by atoms with van der Waals surface area (Å²) in [7, 11) is -2.91. The van der Waals surface area contributed by atoms with Gasteiger partial charge in [0.15, 0.2) is 9.84 Å². The Labute approximate surface area is 125 Å². The molecule has 0 bridgehead atoms. The normalized spacial score (nSPS) is 20.8. The molecule has 0 radical (unpaired) electrons. The summed E-state index contributed by atoms with van der Waals surface area (Å²) in [6.07, 6.45) is 0.175. The zero-order chi connectivity index (χ0) is 16.1. The first-order valence-corrected chi connectivity index (χ1v) is 8.83. The van der Waals surface area contributed by atoms with Crippen LogP contribution >= 0.6 is 0 Å². The highest BCUT2D eigenvalue weighted by Gasteiger charge is 2.27. The van der Waals surface area contributed by atoms with Gasteiger partial charge in [0.2, 0.25) is 5.91 Å². The molecule has 0 spiro atoms. The summed E-state index contributed by atoms with van der Waals surface area (Å²) in [5.41, 5.74) is -0.569. The molecule has 0 aromatic heterocycles. The van der Waals surface area contributed by atoms with E-state index in [-0.39, 0.29) is 36.3 Å². The van der Waals surface area contributed by atoms with E-state index < -0.39 is 21.5 Å². The van der Waals surface area contributed by atoms with Gasteiger partial charge < -0.3 is 15.4 Å². The third-order valence-corrected chi connectivity index (χ3v) is 4.77. The summed E-state index contributed by atoms with van der Waals surface area (Å²) >= 11 is 0. The largest absolute Gasteiger partial charge is 0.444 e. The number of rotatable bonds is 5. The van der Waals surface area contributed by atoms with E-state index in [4.69, 9.17) is 4.74 Å². The molecule has 21 heavy (non-hydrogen) atoms. The van der Waals surface area contributed by atoms with Gasteiger partial charge in [0, 0.05) is 19.5 Å². The second kappa shape index (κ2) is 7.11. The molecule has 1 heterocycles. The van der Waals surface area contributed by atoms with Crippen molar-refractivity contribution in [2.45, 2.75) is 39.2 Å². The third-order valence-electron chi connectivity index (χ3n) is 2.93. The number of carbonyl (C=O) groups excluding carboxylic acids is 2. The molecule has 1 rings (SSSR count). The molecule has 2 amide bonds. The van der Waals surface area contributed by atoms with E-state index in [0.29, 0.717) is 13.0 Å². The molecule has 122 valence electrons. The zero-order valence-electron chi connectivity index (χ0n) is 12.8. The summed E-state index contributed by atoms with van der Waals surface area (Å²) in [5, 5.41) is 5.18. The Balaban J connectivity index is 2.13. The smallest absolute Gasteiger partial charge is 0.407 e. The predicted molar refractivity (Wildman–Crippen MR) is 78.6 cm³/mol. The van der Waals surface area contributed by atoms with Crippen molar-refractivity contribution in [3.05, 3.63) is 0 Å². The highest BCUT2D eigenvalue weighted by Crippen LogP contribution is 2.17. The topological polar surface area (TPSA) is 102 Å². The number of hydrogen-bond acceptors (Lipinski definition) is 5. The molecule has 0 aromatic carbocycles. The third kappa shape index (κ3) is 7.89. The lowest BCUT2D eigenvalue weighted by Gasteiger charge is -2.19.